The van der Waals surface area contributed by atoms with Crippen LogP contribution in [0.1, 0.15) is 50.2 Å². The van der Waals surface area contributed by atoms with Crippen molar-refractivity contribution in [2.75, 3.05) is 26.2 Å². The minimum atomic E-state index is -0.617. The van der Waals surface area contributed by atoms with E-state index < -0.39 is 5.60 Å². The number of benzene rings is 1. The third-order valence-corrected chi connectivity index (χ3v) is 6.92. The molecule has 2 heterocycles. The van der Waals surface area contributed by atoms with Crippen LogP contribution in [0.2, 0.25) is 0 Å². The molecule has 1 aliphatic carbocycles. The van der Waals surface area contributed by atoms with E-state index in [9.17, 15) is 5.11 Å². The molecule has 2 aliphatic heterocycles. The number of hydrogen-bond acceptors (Lipinski definition) is 3. The number of likely N-dealkylation sites (tertiary alicyclic amines) is 1. The van der Waals surface area contributed by atoms with E-state index in [2.05, 4.69) is 41.4 Å². The van der Waals surface area contributed by atoms with E-state index >= 15 is 0 Å². The van der Waals surface area contributed by atoms with Crippen molar-refractivity contribution >= 4 is 0 Å². The second kappa shape index (κ2) is 6.78. The maximum absolute atomic E-state index is 11.4. The molecule has 1 unspecified atom stereocenters. The summed E-state index contributed by atoms with van der Waals surface area (Å²) in [5.41, 5.74) is 1.92. The smallest absolute Gasteiger partial charge is 0.0939 e. The van der Waals surface area contributed by atoms with E-state index in [1.54, 1.807) is 0 Å². The molecule has 3 aliphatic rings. The Labute approximate surface area is 146 Å². The molecule has 2 N–H and O–H groups in total. The summed E-state index contributed by atoms with van der Waals surface area (Å²) in [4.78, 5) is 2.61. The van der Waals surface area contributed by atoms with Crippen molar-refractivity contribution in [2.45, 2.75) is 57.1 Å². The molecular formula is C21H32N2O. The van der Waals surface area contributed by atoms with Crippen LogP contribution in [0.15, 0.2) is 24.3 Å². The zero-order valence-corrected chi connectivity index (χ0v) is 15.0. The normalized spacial score (nSPS) is 36.8. The Balaban J connectivity index is 1.43. The minimum Gasteiger partial charge on any atom is -0.385 e. The maximum atomic E-state index is 11.4. The number of aliphatic hydroxyl groups is 1. The summed E-state index contributed by atoms with van der Waals surface area (Å²) in [5.74, 6) is 1.04. The van der Waals surface area contributed by atoms with Gasteiger partial charge < -0.3 is 15.3 Å². The Morgan fingerprint density at radius 1 is 1.17 bits per heavy atom. The Bertz CT molecular complexity index is 557. The van der Waals surface area contributed by atoms with Crippen LogP contribution >= 0.6 is 0 Å². The second-order valence-corrected chi connectivity index (χ2v) is 8.32. The van der Waals surface area contributed by atoms with Gasteiger partial charge in [0.15, 0.2) is 0 Å². The van der Waals surface area contributed by atoms with Gasteiger partial charge in [-0.15, -0.1) is 0 Å². The molecule has 3 fully saturated rings. The summed E-state index contributed by atoms with van der Waals surface area (Å²) >= 11 is 0. The van der Waals surface area contributed by atoms with Gasteiger partial charge in [-0.05, 0) is 75.6 Å². The molecule has 24 heavy (non-hydrogen) atoms. The van der Waals surface area contributed by atoms with Crippen molar-refractivity contribution in [1.82, 2.24) is 10.2 Å². The lowest BCUT2D eigenvalue weighted by atomic mass is 9.67. The number of nitrogens with one attached hydrogen (secondary N) is 1. The van der Waals surface area contributed by atoms with Gasteiger partial charge in [-0.1, -0.05) is 24.3 Å². The van der Waals surface area contributed by atoms with Gasteiger partial charge in [0.25, 0.3) is 0 Å². The first-order valence-electron chi connectivity index (χ1n) is 9.93. The van der Waals surface area contributed by atoms with Crippen LogP contribution in [0.25, 0.3) is 0 Å². The summed E-state index contributed by atoms with van der Waals surface area (Å²) in [6, 6.07) is 9.64. The number of rotatable bonds is 4. The van der Waals surface area contributed by atoms with Crippen molar-refractivity contribution in [3.8, 4) is 0 Å². The van der Waals surface area contributed by atoms with E-state index in [-0.39, 0.29) is 0 Å². The van der Waals surface area contributed by atoms with Crippen LogP contribution in [0.4, 0.5) is 0 Å². The van der Waals surface area contributed by atoms with E-state index in [0.717, 1.165) is 44.0 Å². The number of nitrogens with zero attached hydrogens (tertiary/aromatic N) is 1. The molecule has 1 saturated carbocycles. The fourth-order valence-corrected chi connectivity index (χ4v) is 5.33. The monoisotopic (exact) mass is 328 g/mol. The number of fused-ring (bicyclic) bond motifs is 1. The van der Waals surface area contributed by atoms with Gasteiger partial charge in [0, 0.05) is 25.0 Å². The topological polar surface area (TPSA) is 35.5 Å². The molecule has 132 valence electrons. The first-order valence-corrected chi connectivity index (χ1v) is 9.93. The molecule has 1 aromatic carbocycles. The Kier molecular flexibility index (Phi) is 4.68. The molecule has 0 amide bonds. The molecule has 0 bridgehead atoms. The average molecular weight is 329 g/mol. The highest BCUT2D eigenvalue weighted by molar-refractivity contribution is 5.29. The fraction of sp³-hybridized carbons (Fsp3) is 0.714. The average Bonchev–Trinajstić information content (AvgIpc) is 3.23. The first-order chi connectivity index (χ1) is 11.7. The van der Waals surface area contributed by atoms with E-state index in [1.165, 1.54) is 37.9 Å². The molecule has 3 nitrogen and oxygen atoms in total. The minimum absolute atomic E-state index is 0.391. The molecule has 0 spiro atoms. The van der Waals surface area contributed by atoms with Gasteiger partial charge in [-0.2, -0.15) is 0 Å². The molecule has 4 rings (SSSR count). The molecule has 1 aromatic rings. The van der Waals surface area contributed by atoms with Gasteiger partial charge in [-0.3, -0.25) is 0 Å². The largest absolute Gasteiger partial charge is 0.385 e. The van der Waals surface area contributed by atoms with Gasteiger partial charge >= 0.3 is 0 Å². The van der Waals surface area contributed by atoms with E-state index in [1.807, 2.05) is 0 Å². The molecular weight excluding hydrogens is 296 g/mol. The van der Waals surface area contributed by atoms with Crippen molar-refractivity contribution in [3.63, 3.8) is 0 Å². The lowest BCUT2D eigenvalue weighted by molar-refractivity contribution is -0.0634. The highest BCUT2D eigenvalue weighted by Gasteiger charge is 2.47. The van der Waals surface area contributed by atoms with Crippen LogP contribution in [0, 0.1) is 11.8 Å². The zero-order chi connectivity index (χ0) is 16.6. The Morgan fingerprint density at radius 3 is 2.75 bits per heavy atom. The van der Waals surface area contributed by atoms with E-state index in [0.29, 0.717) is 11.8 Å². The summed E-state index contributed by atoms with van der Waals surface area (Å²) in [7, 11) is 0. The van der Waals surface area contributed by atoms with Gasteiger partial charge in [0.2, 0.25) is 0 Å². The molecule has 4 atom stereocenters. The Hall–Kier alpha value is -0.900. The molecule has 0 radical (unpaired) electrons. The zero-order valence-electron chi connectivity index (χ0n) is 15.0. The van der Waals surface area contributed by atoms with Crippen LogP contribution in [0.3, 0.4) is 0 Å². The van der Waals surface area contributed by atoms with Crippen LogP contribution < -0.4 is 5.32 Å². The summed E-state index contributed by atoms with van der Waals surface area (Å²) in [5, 5.41) is 14.9. The van der Waals surface area contributed by atoms with Crippen LogP contribution in [0.5, 0.6) is 0 Å². The predicted molar refractivity (Wildman–Crippen MR) is 98.0 cm³/mol. The van der Waals surface area contributed by atoms with Crippen molar-refractivity contribution < 1.29 is 5.11 Å². The van der Waals surface area contributed by atoms with Gasteiger partial charge in [0.1, 0.15) is 0 Å². The Morgan fingerprint density at radius 2 is 2.00 bits per heavy atom. The highest BCUT2D eigenvalue weighted by Crippen LogP contribution is 2.46. The van der Waals surface area contributed by atoms with Crippen LogP contribution in [-0.4, -0.2) is 42.2 Å². The molecule has 3 heteroatoms. The lowest BCUT2D eigenvalue weighted by Gasteiger charge is -2.41. The molecule has 0 aromatic heterocycles. The maximum Gasteiger partial charge on any atom is 0.0939 e. The highest BCUT2D eigenvalue weighted by atomic mass is 16.3. The quantitative estimate of drug-likeness (QED) is 0.892. The number of hydrogen-bond donors (Lipinski definition) is 2. The third-order valence-electron chi connectivity index (χ3n) is 6.92. The first kappa shape index (κ1) is 16.6. The summed E-state index contributed by atoms with van der Waals surface area (Å²) < 4.78 is 0. The lowest BCUT2D eigenvalue weighted by Crippen LogP contribution is -2.42. The van der Waals surface area contributed by atoms with Gasteiger partial charge in [0.05, 0.1) is 5.60 Å². The summed E-state index contributed by atoms with van der Waals surface area (Å²) in [6.07, 6.45) is 7.16. The van der Waals surface area contributed by atoms with Crippen molar-refractivity contribution in [2.24, 2.45) is 11.8 Å². The fourth-order valence-electron chi connectivity index (χ4n) is 5.33. The SMILES string of the molecule is C[C@@H]1CCCN1CCc1ccc(C2(O)CCC[C@H]3CNC[C@H]32)cc1. The standard InChI is InChI=1S/C21H32N2O/c1-16-4-3-12-23(16)13-10-17-6-8-19(9-7-17)21(24)11-2-5-18-14-22-15-20(18)21/h6-9,16,18,20,22,24H,2-5,10-15H2,1H3/t16-,18+,20-,21?/m1/s1. The van der Waals surface area contributed by atoms with Gasteiger partial charge in [-0.25, -0.2) is 0 Å². The predicted octanol–water partition coefficient (Wildman–Crippen LogP) is 2.92. The van der Waals surface area contributed by atoms with Crippen LogP contribution in [-0.2, 0) is 12.0 Å². The van der Waals surface area contributed by atoms with E-state index in [4.69, 9.17) is 0 Å². The second-order valence-electron chi connectivity index (χ2n) is 8.32. The third kappa shape index (κ3) is 3.02. The van der Waals surface area contributed by atoms with Crippen molar-refractivity contribution in [3.05, 3.63) is 35.4 Å². The summed E-state index contributed by atoms with van der Waals surface area (Å²) in [6.45, 7) is 6.82. The van der Waals surface area contributed by atoms with Crippen molar-refractivity contribution in [1.29, 1.82) is 0 Å². The molecule has 2 saturated heterocycles.